The fraction of sp³-hybridized carbons (Fsp3) is 0.115. The Morgan fingerprint density at radius 2 is 1.38 bits per heavy atom. The molecule has 0 N–H and O–H groups in total. The van der Waals surface area contributed by atoms with Crippen molar-refractivity contribution in [2.75, 3.05) is 4.90 Å². The molecule has 0 radical (unpaired) electrons. The van der Waals surface area contributed by atoms with E-state index in [-0.39, 0.29) is 38.6 Å². The van der Waals surface area contributed by atoms with Gasteiger partial charge in [0.25, 0.3) is 13.0 Å². The van der Waals surface area contributed by atoms with Crippen molar-refractivity contribution in [3.05, 3.63) is 199 Å². The summed E-state index contributed by atoms with van der Waals surface area (Å²) in [7, 11) is 0. The summed E-state index contributed by atoms with van der Waals surface area (Å²) in [4.78, 5) is 7.39. The topological polar surface area (TPSA) is 57.6 Å². The molecule has 10 heteroatoms. The van der Waals surface area contributed by atoms with Gasteiger partial charge in [0.05, 0.1) is 16.7 Å². The Hall–Kier alpha value is -7.87. The Morgan fingerprint density at radius 1 is 0.676 bits per heavy atom. The van der Waals surface area contributed by atoms with Crippen LogP contribution < -0.4 is 40.1 Å². The van der Waals surface area contributed by atoms with Crippen LogP contribution in [0.3, 0.4) is 0 Å². The van der Waals surface area contributed by atoms with Gasteiger partial charge in [-0.25, -0.2) is 4.98 Å². The number of fused-ring (bicyclic) bond motifs is 6. The monoisotopic (exact) mass is 1100 g/mol. The Kier molecular flexibility index (Phi) is 8.78. The Morgan fingerprint density at radius 3 is 2.14 bits per heavy atom. The quantitative estimate of drug-likeness (QED) is 0.0976. The number of para-hydroxylation sites is 3. The molecule has 0 amide bonds. The molecule has 4 aliphatic rings. The number of ether oxygens (including phenoxy) is 3. The standard InChI is InChI=1S/C61H42BN5O3.Pt/c1-60(2,3)36-29-30-63-53(31-36)67-47-32-39(68-40-26-28-42-48(33-40)65-35-64(37-15-8-6-9-16-37)46-22-12-19-43(58(46)65)61(42,4)5)25-27-41(47)54-49(67)34-52-57-59(54)70-51-24-14-21-45-56(51)62(57)55-44(20-13-23-50(55)69-52)66(45)38-17-10-7-11-18-38;/h6-31,34H,1-5H3;/q-2;. The average molecular weight is 1100 g/mol. The molecule has 15 rings (SSSR count). The second-order valence-electron chi connectivity index (χ2n) is 20.4. The third-order valence-corrected chi connectivity index (χ3v) is 15.0. The van der Waals surface area contributed by atoms with E-state index in [2.05, 4.69) is 211 Å². The number of anilines is 3. The van der Waals surface area contributed by atoms with E-state index in [4.69, 9.17) is 19.2 Å². The van der Waals surface area contributed by atoms with Crippen LogP contribution in [0.4, 0.5) is 17.1 Å². The van der Waals surface area contributed by atoms with Crippen LogP contribution in [0.15, 0.2) is 164 Å². The van der Waals surface area contributed by atoms with Gasteiger partial charge >= 0.3 is 0 Å². The number of aromatic nitrogens is 4. The second kappa shape index (κ2) is 14.8. The Balaban J connectivity index is 0.00000470. The van der Waals surface area contributed by atoms with Gasteiger partial charge in [-0.3, -0.25) is 4.57 Å². The molecule has 0 saturated carbocycles. The van der Waals surface area contributed by atoms with Crippen molar-refractivity contribution >= 4 is 73.0 Å². The zero-order valence-electron chi connectivity index (χ0n) is 39.4. The smallest absolute Gasteiger partial charge is 0.268 e. The van der Waals surface area contributed by atoms with Crippen LogP contribution in [0.25, 0.3) is 50.0 Å². The van der Waals surface area contributed by atoms with Gasteiger partial charge in [0.1, 0.15) is 28.8 Å². The summed E-state index contributed by atoms with van der Waals surface area (Å²) in [6.07, 6.45) is 5.59. The second-order valence-corrected chi connectivity index (χ2v) is 20.4. The summed E-state index contributed by atoms with van der Waals surface area (Å²) in [6.45, 7) is 11.1. The molecular formula is C61H42BN5O3Pt-2. The molecule has 8 aromatic carbocycles. The van der Waals surface area contributed by atoms with E-state index < -0.39 is 0 Å². The molecule has 0 atom stereocenters. The zero-order valence-corrected chi connectivity index (χ0v) is 41.7. The summed E-state index contributed by atoms with van der Waals surface area (Å²) in [5, 5.41) is 1.93. The SMILES string of the molecule is CC(C)(C)c1ccnc(-n2c3[c-]c(Oc4[c-]c5c(cc4)C(C)(C)c4cccc6c4n-5[c-][n+]6-c4ccccc4)ccc3c3c4c5c(cc32)Oc2cccc3c2B5c2c(cccc2N3c2ccccc2)O4)c1.[Pt]. The minimum absolute atomic E-state index is 0. The molecule has 0 fully saturated rings. The van der Waals surface area contributed by atoms with E-state index >= 15 is 0 Å². The molecule has 11 aromatic rings. The number of benzene rings is 8. The Bertz CT molecular complexity index is 4060. The molecule has 0 unspecified atom stereocenters. The predicted octanol–water partition coefficient (Wildman–Crippen LogP) is 12.0. The molecule has 0 aliphatic carbocycles. The van der Waals surface area contributed by atoms with Gasteiger partial charge in [0.2, 0.25) is 0 Å². The fourth-order valence-electron chi connectivity index (χ4n) is 11.7. The van der Waals surface area contributed by atoms with Crippen molar-refractivity contribution in [1.82, 2.24) is 14.1 Å². The van der Waals surface area contributed by atoms with Crippen molar-refractivity contribution < 1.29 is 39.8 Å². The average Bonchev–Trinajstić information content (AvgIpc) is 3.92. The van der Waals surface area contributed by atoms with Crippen LogP contribution in [0, 0.1) is 18.5 Å². The maximum atomic E-state index is 7.26. The number of hydrogen-bond acceptors (Lipinski definition) is 5. The van der Waals surface area contributed by atoms with Gasteiger partial charge in [-0.15, -0.1) is 29.8 Å². The molecule has 0 saturated heterocycles. The maximum Gasteiger partial charge on any atom is 0.268 e. The minimum atomic E-state index is -0.295. The summed E-state index contributed by atoms with van der Waals surface area (Å²) < 4.78 is 27.6. The van der Waals surface area contributed by atoms with Crippen molar-refractivity contribution in [2.24, 2.45) is 0 Å². The first-order valence-corrected chi connectivity index (χ1v) is 23.9. The minimum Gasteiger partial charge on any atom is -0.510 e. The first kappa shape index (κ1) is 42.0. The number of hydrogen-bond donors (Lipinski definition) is 0. The van der Waals surface area contributed by atoms with Gasteiger partial charge in [0.15, 0.2) is 0 Å². The first-order valence-electron chi connectivity index (χ1n) is 23.9. The Labute approximate surface area is 425 Å². The number of nitrogens with zero attached hydrogens (tertiary/aromatic N) is 5. The predicted molar refractivity (Wildman–Crippen MR) is 277 cm³/mol. The molecule has 344 valence electrons. The van der Waals surface area contributed by atoms with E-state index in [0.29, 0.717) is 11.5 Å². The van der Waals surface area contributed by atoms with Crippen LogP contribution in [0.5, 0.6) is 34.5 Å². The molecule has 0 spiro atoms. The summed E-state index contributed by atoms with van der Waals surface area (Å²) in [5.41, 5.74) is 15.5. The van der Waals surface area contributed by atoms with Crippen LogP contribution >= 0.6 is 0 Å². The molecule has 8 nitrogen and oxygen atoms in total. The van der Waals surface area contributed by atoms with Gasteiger partial charge < -0.3 is 28.2 Å². The molecule has 3 aromatic heterocycles. The number of rotatable bonds is 5. The first-order chi connectivity index (χ1) is 34.1. The normalized spacial score (nSPS) is 14.2. The van der Waals surface area contributed by atoms with Crippen molar-refractivity contribution in [3.63, 3.8) is 0 Å². The molecule has 4 aliphatic heterocycles. The molecule has 7 heterocycles. The van der Waals surface area contributed by atoms with E-state index in [0.717, 1.165) is 118 Å². The van der Waals surface area contributed by atoms with Gasteiger partial charge in [-0.05, 0) is 105 Å². The summed E-state index contributed by atoms with van der Waals surface area (Å²) in [5.74, 6) is 5.09. The number of imidazole rings is 1. The van der Waals surface area contributed by atoms with Crippen LogP contribution in [0.1, 0.15) is 51.3 Å². The molecule has 0 bridgehead atoms. The summed E-state index contributed by atoms with van der Waals surface area (Å²) >= 11 is 0. The van der Waals surface area contributed by atoms with Crippen molar-refractivity contribution in [2.45, 2.75) is 45.4 Å². The zero-order chi connectivity index (χ0) is 46.8. The third-order valence-electron chi connectivity index (χ3n) is 15.0. The molecular weight excluding hydrogens is 1060 g/mol. The van der Waals surface area contributed by atoms with Crippen LogP contribution in [-0.2, 0) is 31.9 Å². The van der Waals surface area contributed by atoms with Crippen molar-refractivity contribution in [3.8, 4) is 51.7 Å². The third kappa shape index (κ3) is 5.84. The van der Waals surface area contributed by atoms with Gasteiger partial charge in [-0.2, -0.15) is 12.1 Å². The van der Waals surface area contributed by atoms with E-state index in [1.165, 1.54) is 5.56 Å². The maximum absolute atomic E-state index is 7.26. The van der Waals surface area contributed by atoms with Crippen LogP contribution in [0.2, 0.25) is 0 Å². The van der Waals surface area contributed by atoms with E-state index in [1.54, 1.807) is 0 Å². The molecule has 71 heavy (non-hydrogen) atoms. The summed E-state index contributed by atoms with van der Waals surface area (Å²) in [6, 6.07) is 62.5. The fourth-order valence-corrected chi connectivity index (χ4v) is 11.7. The van der Waals surface area contributed by atoms with E-state index in [1.807, 2.05) is 24.4 Å². The van der Waals surface area contributed by atoms with Gasteiger partial charge in [0, 0.05) is 72.9 Å². The van der Waals surface area contributed by atoms with E-state index in [9.17, 15) is 0 Å². The number of pyridine rings is 1. The van der Waals surface area contributed by atoms with Gasteiger partial charge in [-0.1, -0.05) is 112 Å². The van der Waals surface area contributed by atoms with Crippen LogP contribution in [-0.4, -0.2) is 20.8 Å². The van der Waals surface area contributed by atoms with Crippen molar-refractivity contribution in [1.29, 1.82) is 0 Å². The largest absolute Gasteiger partial charge is 0.510 e.